The Labute approximate surface area is 182 Å². The second-order valence-corrected chi connectivity index (χ2v) is 9.11. The van der Waals surface area contributed by atoms with Gasteiger partial charge in [0, 0.05) is 18.6 Å². The Kier molecular flexibility index (Phi) is 7.07. The highest BCUT2D eigenvalue weighted by atomic mass is 32.2. The molecule has 1 aliphatic rings. The molecule has 1 aromatic carbocycles. The number of para-hydroxylation sites is 2. The van der Waals surface area contributed by atoms with Gasteiger partial charge in [0.05, 0.1) is 5.25 Å². The van der Waals surface area contributed by atoms with Gasteiger partial charge in [0.15, 0.2) is 28.6 Å². The van der Waals surface area contributed by atoms with Gasteiger partial charge in [-0.25, -0.2) is 0 Å². The van der Waals surface area contributed by atoms with E-state index in [1.165, 1.54) is 11.8 Å². The van der Waals surface area contributed by atoms with Gasteiger partial charge in [0.2, 0.25) is 5.91 Å². The summed E-state index contributed by atoms with van der Waals surface area (Å²) >= 11 is 1.41. The summed E-state index contributed by atoms with van der Waals surface area (Å²) in [4.78, 5) is 14.9. The van der Waals surface area contributed by atoms with E-state index in [4.69, 9.17) is 9.47 Å². The lowest BCUT2D eigenvalue weighted by atomic mass is 10.2. The molecule has 0 radical (unpaired) electrons. The fourth-order valence-electron chi connectivity index (χ4n) is 3.60. The topological polar surface area (TPSA) is 69.5 Å². The summed E-state index contributed by atoms with van der Waals surface area (Å²) in [5, 5.41) is 9.11. The first kappa shape index (κ1) is 22.2. The van der Waals surface area contributed by atoms with Crippen molar-refractivity contribution in [2.45, 2.75) is 69.8 Å². The number of thioether (sulfide) groups is 1. The lowest BCUT2D eigenvalue weighted by Crippen LogP contribution is -2.45. The highest BCUT2D eigenvalue weighted by Gasteiger charge is 2.31. The zero-order valence-electron chi connectivity index (χ0n) is 18.2. The Balaban J connectivity index is 1.81. The molecule has 1 aromatic heterocycles. The quantitative estimate of drug-likeness (QED) is 0.464. The minimum Gasteiger partial charge on any atom is -0.485 e. The molecule has 0 saturated heterocycles. The van der Waals surface area contributed by atoms with E-state index in [2.05, 4.69) is 16.8 Å². The van der Waals surface area contributed by atoms with Crippen molar-refractivity contribution in [3.63, 3.8) is 0 Å². The van der Waals surface area contributed by atoms with Gasteiger partial charge in [-0.1, -0.05) is 30.0 Å². The van der Waals surface area contributed by atoms with Crippen LogP contribution in [0.1, 0.15) is 46.5 Å². The fourth-order valence-corrected chi connectivity index (χ4v) is 4.52. The molecule has 0 fully saturated rings. The van der Waals surface area contributed by atoms with E-state index < -0.39 is 0 Å². The summed E-state index contributed by atoms with van der Waals surface area (Å²) in [6.07, 6.45) is 1.41. The second-order valence-electron chi connectivity index (χ2n) is 7.80. The van der Waals surface area contributed by atoms with Crippen molar-refractivity contribution < 1.29 is 14.3 Å². The van der Waals surface area contributed by atoms with E-state index in [-0.39, 0.29) is 29.3 Å². The predicted molar refractivity (Wildman–Crippen MR) is 118 cm³/mol. The molecule has 0 aliphatic carbocycles. The van der Waals surface area contributed by atoms with E-state index in [0.717, 1.165) is 5.75 Å². The molecule has 0 spiro atoms. The van der Waals surface area contributed by atoms with Crippen molar-refractivity contribution in [1.29, 1.82) is 0 Å². The smallest absolute Gasteiger partial charge is 0.236 e. The molecule has 1 aliphatic heterocycles. The molecule has 162 valence electrons. The zero-order valence-corrected chi connectivity index (χ0v) is 19.1. The van der Waals surface area contributed by atoms with Crippen LogP contribution in [0.15, 0.2) is 42.1 Å². The first-order valence-corrected chi connectivity index (χ1v) is 11.1. The van der Waals surface area contributed by atoms with Gasteiger partial charge in [0.25, 0.3) is 0 Å². The molecular formula is C22H30N4O3S. The van der Waals surface area contributed by atoms with Crippen molar-refractivity contribution in [1.82, 2.24) is 19.7 Å². The maximum absolute atomic E-state index is 13.0. The maximum Gasteiger partial charge on any atom is 0.236 e. The summed E-state index contributed by atoms with van der Waals surface area (Å²) in [5.74, 6) is 2.16. The first-order valence-electron chi connectivity index (χ1n) is 10.2. The zero-order chi connectivity index (χ0) is 21.8. The third kappa shape index (κ3) is 4.64. The van der Waals surface area contributed by atoms with Gasteiger partial charge in [-0.15, -0.1) is 16.8 Å². The Morgan fingerprint density at radius 2 is 1.90 bits per heavy atom. The van der Waals surface area contributed by atoms with Gasteiger partial charge in [-0.3, -0.25) is 9.36 Å². The molecule has 7 nitrogen and oxygen atoms in total. The van der Waals surface area contributed by atoms with E-state index in [1.54, 1.807) is 6.08 Å². The van der Waals surface area contributed by atoms with Crippen molar-refractivity contribution in [2.24, 2.45) is 0 Å². The van der Waals surface area contributed by atoms with Crippen LogP contribution < -0.4 is 9.47 Å². The number of benzene rings is 1. The number of hydrogen-bond acceptors (Lipinski definition) is 6. The largest absolute Gasteiger partial charge is 0.485 e. The highest BCUT2D eigenvalue weighted by molar-refractivity contribution is 8.00. The molecule has 2 unspecified atom stereocenters. The number of carbonyl (C=O) groups is 1. The Morgan fingerprint density at radius 1 is 1.23 bits per heavy atom. The molecule has 30 heavy (non-hydrogen) atoms. The molecule has 2 aromatic rings. The number of ether oxygens (including phenoxy) is 2. The van der Waals surface area contributed by atoms with Crippen LogP contribution in [0.2, 0.25) is 0 Å². The Bertz CT molecular complexity index is 888. The molecule has 1 amide bonds. The van der Waals surface area contributed by atoms with Crippen molar-refractivity contribution in [3.8, 4) is 11.5 Å². The van der Waals surface area contributed by atoms with Crippen LogP contribution in [0, 0.1) is 0 Å². The number of nitrogens with zero attached hydrogens (tertiary/aromatic N) is 4. The summed E-state index contributed by atoms with van der Waals surface area (Å²) < 4.78 is 13.9. The lowest BCUT2D eigenvalue weighted by Gasteiger charge is -2.32. The predicted octanol–water partition coefficient (Wildman–Crippen LogP) is 4.10. The third-order valence-corrected chi connectivity index (χ3v) is 5.92. The fraction of sp³-hybridized carbons (Fsp3) is 0.500. The van der Waals surface area contributed by atoms with E-state index in [1.807, 2.05) is 68.4 Å². The molecule has 0 bridgehead atoms. The molecule has 8 heteroatoms. The summed E-state index contributed by atoms with van der Waals surface area (Å²) in [7, 11) is 0. The Morgan fingerprint density at radius 3 is 2.53 bits per heavy atom. The Hall–Kier alpha value is -2.48. The minimum atomic E-state index is -0.379. The number of allylic oxidation sites excluding steroid dienone is 1. The number of carbonyl (C=O) groups excluding carboxylic acids is 1. The molecule has 2 atom stereocenters. The minimum absolute atomic E-state index is 0.0888. The molecule has 0 N–H and O–H groups in total. The summed E-state index contributed by atoms with van der Waals surface area (Å²) in [5.41, 5.74) is 0. The second kappa shape index (κ2) is 9.55. The third-order valence-electron chi connectivity index (χ3n) is 4.85. The van der Waals surface area contributed by atoms with Crippen molar-refractivity contribution in [3.05, 3.63) is 42.7 Å². The van der Waals surface area contributed by atoms with Crippen LogP contribution in [-0.2, 0) is 11.3 Å². The molecule has 0 saturated carbocycles. The molecular weight excluding hydrogens is 400 g/mol. The molecule has 3 rings (SSSR count). The van der Waals surface area contributed by atoms with E-state index >= 15 is 0 Å². The standard InChI is InChI=1S/C22H30N4O3S/c1-7-12-25-20(19-13-28-17-10-8-9-11-18(17)29-19)23-24-22(25)30-16(6)21(27)26(14(2)3)15(4)5/h7-11,14-16,19H,1,12-13H2,2-6H3. The highest BCUT2D eigenvalue weighted by Crippen LogP contribution is 2.36. The summed E-state index contributed by atoms with van der Waals surface area (Å²) in [6.45, 7) is 14.8. The normalized spacial score (nSPS) is 16.6. The maximum atomic E-state index is 13.0. The van der Waals surface area contributed by atoms with Crippen LogP contribution in [-0.4, -0.2) is 49.5 Å². The van der Waals surface area contributed by atoms with Gasteiger partial charge >= 0.3 is 0 Å². The monoisotopic (exact) mass is 430 g/mol. The van der Waals surface area contributed by atoms with Crippen LogP contribution in [0.25, 0.3) is 0 Å². The number of rotatable bonds is 8. The van der Waals surface area contributed by atoms with Gasteiger partial charge in [-0.05, 0) is 46.8 Å². The van der Waals surface area contributed by atoms with Crippen molar-refractivity contribution in [2.75, 3.05) is 6.61 Å². The van der Waals surface area contributed by atoms with Gasteiger partial charge < -0.3 is 14.4 Å². The van der Waals surface area contributed by atoms with Crippen molar-refractivity contribution >= 4 is 17.7 Å². The van der Waals surface area contributed by atoms with Crippen LogP contribution in [0.3, 0.4) is 0 Å². The average molecular weight is 431 g/mol. The SMILES string of the molecule is C=CCn1c(SC(C)C(=O)N(C(C)C)C(C)C)nnc1C1COc2ccccc2O1. The van der Waals surface area contributed by atoms with Crippen LogP contribution in [0.5, 0.6) is 11.5 Å². The van der Waals surface area contributed by atoms with E-state index in [0.29, 0.717) is 29.9 Å². The van der Waals surface area contributed by atoms with Gasteiger partial charge in [-0.2, -0.15) is 0 Å². The van der Waals surface area contributed by atoms with E-state index in [9.17, 15) is 4.79 Å². The number of fused-ring (bicyclic) bond motifs is 1. The van der Waals surface area contributed by atoms with Gasteiger partial charge in [0.1, 0.15) is 6.61 Å². The van der Waals surface area contributed by atoms with Crippen LogP contribution >= 0.6 is 11.8 Å². The van der Waals surface area contributed by atoms with Crippen LogP contribution in [0.4, 0.5) is 0 Å². The average Bonchev–Trinajstić information content (AvgIpc) is 3.09. The number of amides is 1. The molecule has 2 heterocycles. The first-order chi connectivity index (χ1) is 14.3. The summed E-state index contributed by atoms with van der Waals surface area (Å²) in [6, 6.07) is 7.84. The number of aromatic nitrogens is 3. The lowest BCUT2D eigenvalue weighted by molar-refractivity contribution is -0.133. The number of hydrogen-bond donors (Lipinski definition) is 0.